The zero-order valence-electron chi connectivity index (χ0n) is 14.0. The molecule has 1 atom stereocenters. The van der Waals surface area contributed by atoms with Crippen LogP contribution in [0, 0.1) is 0 Å². The molecule has 3 rings (SSSR count). The van der Waals surface area contributed by atoms with Gasteiger partial charge in [0, 0.05) is 0 Å². The molecule has 27 heavy (non-hydrogen) atoms. The topological polar surface area (TPSA) is 81.9 Å². The van der Waals surface area contributed by atoms with Gasteiger partial charge in [-0.1, -0.05) is 30.3 Å². The van der Waals surface area contributed by atoms with Crippen molar-refractivity contribution in [2.24, 2.45) is 0 Å². The third-order valence-electron chi connectivity index (χ3n) is 3.57. The smallest absolute Gasteiger partial charge is 0.406 e. The number of nitrogens with one attached hydrogen (secondary N) is 1. The Balaban J connectivity index is 1.68. The Morgan fingerprint density at radius 2 is 1.78 bits per heavy atom. The highest BCUT2D eigenvalue weighted by Gasteiger charge is 2.31. The number of tetrazole rings is 1. The first-order valence-corrected chi connectivity index (χ1v) is 7.84. The lowest BCUT2D eigenvalue weighted by Crippen LogP contribution is -2.27. The van der Waals surface area contributed by atoms with Crippen LogP contribution in [-0.4, -0.2) is 32.5 Å². The lowest BCUT2D eigenvalue weighted by molar-refractivity contribution is -0.274. The number of rotatable bonds is 5. The molecule has 0 fully saturated rings. The Bertz CT molecular complexity index is 910. The van der Waals surface area contributed by atoms with E-state index in [1.807, 2.05) is 37.3 Å². The van der Waals surface area contributed by atoms with Crippen LogP contribution in [0.25, 0.3) is 5.69 Å². The Labute approximate surface area is 151 Å². The fraction of sp³-hybridized carbons (Fsp3) is 0.176. The number of ether oxygens (including phenoxy) is 1. The second-order valence-electron chi connectivity index (χ2n) is 5.55. The fourth-order valence-electron chi connectivity index (χ4n) is 2.28. The third-order valence-corrected chi connectivity index (χ3v) is 3.57. The molecule has 2 aromatic carbocycles. The van der Waals surface area contributed by atoms with Crippen LogP contribution in [-0.2, 0) is 0 Å². The number of benzene rings is 2. The van der Waals surface area contributed by atoms with Crippen molar-refractivity contribution >= 4 is 5.91 Å². The molecule has 140 valence electrons. The van der Waals surface area contributed by atoms with Crippen molar-refractivity contribution in [1.82, 2.24) is 25.5 Å². The van der Waals surface area contributed by atoms with Crippen molar-refractivity contribution in [3.63, 3.8) is 0 Å². The molecule has 7 nitrogen and oxygen atoms in total. The predicted octanol–water partition coefficient (Wildman–Crippen LogP) is 3.05. The maximum atomic E-state index is 12.2. The zero-order valence-corrected chi connectivity index (χ0v) is 14.0. The number of aromatic nitrogens is 4. The summed E-state index contributed by atoms with van der Waals surface area (Å²) >= 11 is 0. The molecule has 1 N–H and O–H groups in total. The van der Waals surface area contributed by atoms with Crippen LogP contribution in [0.1, 0.15) is 29.1 Å². The van der Waals surface area contributed by atoms with Gasteiger partial charge in [0.15, 0.2) is 0 Å². The van der Waals surface area contributed by atoms with Crippen molar-refractivity contribution in [2.75, 3.05) is 0 Å². The molecule has 0 saturated carbocycles. The number of halogens is 3. The van der Waals surface area contributed by atoms with Crippen LogP contribution in [0.2, 0.25) is 0 Å². The number of amides is 1. The molecular weight excluding hydrogens is 363 g/mol. The summed E-state index contributed by atoms with van der Waals surface area (Å²) < 4.78 is 40.3. The first kappa shape index (κ1) is 18.4. The Morgan fingerprint density at radius 1 is 1.11 bits per heavy atom. The van der Waals surface area contributed by atoms with Crippen LogP contribution >= 0.6 is 0 Å². The number of carbonyl (C=O) groups excluding carboxylic acids is 1. The Kier molecular flexibility index (Phi) is 5.06. The number of alkyl halides is 3. The minimum atomic E-state index is -4.77. The molecule has 1 heterocycles. The zero-order chi connectivity index (χ0) is 19.4. The molecule has 0 unspecified atom stereocenters. The second kappa shape index (κ2) is 7.44. The molecule has 1 aromatic heterocycles. The molecular formula is C17H14F3N5O2. The molecule has 1 amide bonds. The van der Waals surface area contributed by atoms with Gasteiger partial charge in [-0.25, -0.2) is 0 Å². The van der Waals surface area contributed by atoms with E-state index in [0.29, 0.717) is 5.69 Å². The van der Waals surface area contributed by atoms with Crippen LogP contribution in [0.15, 0.2) is 54.6 Å². The quantitative estimate of drug-likeness (QED) is 0.739. The summed E-state index contributed by atoms with van der Waals surface area (Å²) in [5, 5.41) is 14.1. The highest BCUT2D eigenvalue weighted by Crippen LogP contribution is 2.23. The number of nitrogens with zero attached hydrogens (tertiary/aromatic N) is 4. The third kappa shape index (κ3) is 4.81. The van der Waals surface area contributed by atoms with E-state index < -0.39 is 12.3 Å². The summed E-state index contributed by atoms with van der Waals surface area (Å²) in [6.07, 6.45) is -4.77. The van der Waals surface area contributed by atoms with Gasteiger partial charge in [0.1, 0.15) is 5.75 Å². The summed E-state index contributed by atoms with van der Waals surface area (Å²) in [4.78, 5) is 13.3. The van der Waals surface area contributed by atoms with Gasteiger partial charge in [-0.2, -0.15) is 0 Å². The lowest BCUT2D eigenvalue weighted by Gasteiger charge is -2.12. The number of hydrogen-bond acceptors (Lipinski definition) is 5. The normalized spacial score (nSPS) is 12.4. The molecule has 0 aliphatic heterocycles. The van der Waals surface area contributed by atoms with E-state index >= 15 is 0 Å². The molecule has 0 aliphatic carbocycles. The highest BCUT2D eigenvalue weighted by molar-refractivity contribution is 5.90. The van der Waals surface area contributed by atoms with E-state index in [2.05, 4.69) is 25.5 Å². The van der Waals surface area contributed by atoms with E-state index in [4.69, 9.17) is 0 Å². The van der Waals surface area contributed by atoms with Crippen molar-refractivity contribution in [2.45, 2.75) is 19.3 Å². The van der Waals surface area contributed by atoms with E-state index in [-0.39, 0.29) is 17.6 Å². The number of carbonyl (C=O) groups is 1. The molecule has 0 spiro atoms. The van der Waals surface area contributed by atoms with Crippen LogP contribution in [0.5, 0.6) is 5.75 Å². The van der Waals surface area contributed by atoms with Gasteiger partial charge < -0.3 is 10.1 Å². The van der Waals surface area contributed by atoms with Gasteiger partial charge in [-0.15, -0.1) is 28.2 Å². The molecule has 0 bridgehead atoms. The largest absolute Gasteiger partial charge is 0.573 e. The summed E-state index contributed by atoms with van der Waals surface area (Å²) in [6.45, 7) is 1.82. The van der Waals surface area contributed by atoms with E-state index in [0.717, 1.165) is 22.5 Å². The van der Waals surface area contributed by atoms with Crippen molar-refractivity contribution in [3.05, 3.63) is 66.0 Å². The maximum absolute atomic E-state index is 12.2. The van der Waals surface area contributed by atoms with Crippen LogP contribution < -0.4 is 10.1 Å². The van der Waals surface area contributed by atoms with E-state index in [1.54, 1.807) is 0 Å². The summed E-state index contributed by atoms with van der Waals surface area (Å²) in [7, 11) is 0. The first-order valence-electron chi connectivity index (χ1n) is 7.84. The monoisotopic (exact) mass is 377 g/mol. The second-order valence-corrected chi connectivity index (χ2v) is 5.55. The standard InChI is InChI=1S/C17H14F3N5O2/c1-11(12-5-3-2-4-6-12)21-16(26)15-22-24-25(23-15)13-7-9-14(10-8-13)27-17(18,19)20/h2-11H,1H3,(H,21,26)/t11-/m1/s1. The van der Waals surface area contributed by atoms with Crippen LogP contribution in [0.4, 0.5) is 13.2 Å². The van der Waals surface area contributed by atoms with E-state index in [9.17, 15) is 18.0 Å². The molecule has 0 radical (unpaired) electrons. The predicted molar refractivity (Wildman–Crippen MR) is 88.2 cm³/mol. The first-order chi connectivity index (χ1) is 12.8. The average Bonchev–Trinajstić information content (AvgIpc) is 3.12. The van der Waals surface area contributed by atoms with Crippen molar-refractivity contribution in [3.8, 4) is 11.4 Å². The van der Waals surface area contributed by atoms with Gasteiger partial charge >= 0.3 is 6.36 Å². The van der Waals surface area contributed by atoms with E-state index in [1.165, 1.54) is 12.1 Å². The summed E-state index contributed by atoms with van der Waals surface area (Å²) in [5.41, 5.74) is 1.24. The SMILES string of the molecule is C[C@@H](NC(=O)c1nnn(-c2ccc(OC(F)(F)F)cc2)n1)c1ccccc1. The highest BCUT2D eigenvalue weighted by atomic mass is 19.4. The van der Waals surface area contributed by atoms with Gasteiger partial charge in [0.05, 0.1) is 11.7 Å². The molecule has 10 heteroatoms. The molecule has 0 aliphatic rings. The van der Waals surface area contributed by atoms with Gasteiger partial charge in [-0.05, 0) is 42.0 Å². The minimum Gasteiger partial charge on any atom is -0.406 e. The van der Waals surface area contributed by atoms with Gasteiger partial charge in [0.25, 0.3) is 11.7 Å². The van der Waals surface area contributed by atoms with Crippen LogP contribution in [0.3, 0.4) is 0 Å². The van der Waals surface area contributed by atoms with Gasteiger partial charge in [-0.3, -0.25) is 4.79 Å². The fourth-order valence-corrected chi connectivity index (χ4v) is 2.28. The van der Waals surface area contributed by atoms with Gasteiger partial charge in [0.2, 0.25) is 0 Å². The lowest BCUT2D eigenvalue weighted by atomic mass is 10.1. The summed E-state index contributed by atoms with van der Waals surface area (Å²) in [5.74, 6) is -1.05. The number of hydrogen-bond donors (Lipinski definition) is 1. The van der Waals surface area contributed by atoms with Crippen molar-refractivity contribution < 1.29 is 22.7 Å². The summed E-state index contributed by atoms with van der Waals surface area (Å²) in [6, 6.07) is 13.9. The average molecular weight is 377 g/mol. The maximum Gasteiger partial charge on any atom is 0.573 e. The Hall–Kier alpha value is -3.43. The van der Waals surface area contributed by atoms with Crippen molar-refractivity contribution in [1.29, 1.82) is 0 Å². The molecule has 3 aromatic rings. The Morgan fingerprint density at radius 3 is 2.41 bits per heavy atom. The molecule has 0 saturated heterocycles. The minimum absolute atomic E-state index is 0.159.